The topological polar surface area (TPSA) is 55.6 Å². The van der Waals surface area contributed by atoms with Gasteiger partial charge in [-0.3, -0.25) is 4.79 Å². The second-order valence-electron chi connectivity index (χ2n) is 5.44. The highest BCUT2D eigenvalue weighted by atomic mass is 16.5. The second-order valence-corrected chi connectivity index (χ2v) is 5.44. The van der Waals surface area contributed by atoms with Gasteiger partial charge in [0.1, 0.15) is 6.61 Å². The van der Waals surface area contributed by atoms with Crippen LogP contribution in [-0.4, -0.2) is 32.2 Å². The Morgan fingerprint density at radius 3 is 3.00 bits per heavy atom. The van der Waals surface area contributed by atoms with Gasteiger partial charge < -0.3 is 15.4 Å². The summed E-state index contributed by atoms with van der Waals surface area (Å²) in [5.74, 6) is 0.0293. The molecular formula is C16H24N2O2. The summed E-state index contributed by atoms with van der Waals surface area (Å²) in [7, 11) is 1.55. The van der Waals surface area contributed by atoms with E-state index in [1.54, 1.807) is 7.11 Å². The molecule has 2 N–H and O–H groups in total. The fourth-order valence-electron chi connectivity index (χ4n) is 2.82. The molecule has 0 saturated carbocycles. The van der Waals surface area contributed by atoms with Gasteiger partial charge >= 0.3 is 0 Å². The van der Waals surface area contributed by atoms with Crippen LogP contribution in [0.1, 0.15) is 30.9 Å². The molecule has 2 rings (SSSR count). The molecule has 20 heavy (non-hydrogen) atoms. The van der Waals surface area contributed by atoms with Crippen molar-refractivity contribution in [3.05, 3.63) is 29.3 Å². The maximum Gasteiger partial charge on any atom is 0.252 e. The van der Waals surface area contributed by atoms with E-state index in [9.17, 15) is 4.79 Å². The van der Waals surface area contributed by atoms with Gasteiger partial charge in [-0.15, -0.1) is 0 Å². The van der Waals surface area contributed by atoms with Crippen LogP contribution < -0.4 is 10.6 Å². The van der Waals surface area contributed by atoms with Crippen LogP contribution in [0.4, 0.5) is 5.69 Å². The van der Waals surface area contributed by atoms with Gasteiger partial charge in [-0.05, 0) is 36.5 Å². The summed E-state index contributed by atoms with van der Waals surface area (Å²) in [5.41, 5.74) is 9.64. The molecule has 1 aromatic rings. The molecule has 0 saturated heterocycles. The van der Waals surface area contributed by atoms with Crippen molar-refractivity contribution in [3.8, 4) is 0 Å². The molecule has 0 aliphatic carbocycles. The SMILES string of the molecule is CCCC(N)Cc1ccc2c(c1)CCN2C(=O)COC. The minimum Gasteiger partial charge on any atom is -0.375 e. The molecule has 0 fully saturated rings. The van der Waals surface area contributed by atoms with Gasteiger partial charge in [0.2, 0.25) is 0 Å². The van der Waals surface area contributed by atoms with Crippen molar-refractivity contribution < 1.29 is 9.53 Å². The minimum absolute atomic E-state index is 0.0293. The number of nitrogens with zero attached hydrogens (tertiary/aromatic N) is 1. The lowest BCUT2D eigenvalue weighted by molar-refractivity contribution is -0.122. The first-order chi connectivity index (χ1) is 9.65. The van der Waals surface area contributed by atoms with Crippen molar-refractivity contribution in [2.24, 2.45) is 5.73 Å². The Morgan fingerprint density at radius 2 is 2.30 bits per heavy atom. The monoisotopic (exact) mass is 276 g/mol. The number of hydrogen-bond acceptors (Lipinski definition) is 3. The smallest absolute Gasteiger partial charge is 0.252 e. The van der Waals surface area contributed by atoms with E-state index in [-0.39, 0.29) is 18.6 Å². The molecule has 0 radical (unpaired) electrons. The van der Waals surface area contributed by atoms with Crippen LogP contribution in [0.5, 0.6) is 0 Å². The maximum atomic E-state index is 11.9. The summed E-state index contributed by atoms with van der Waals surface area (Å²) in [6.45, 7) is 3.05. The Kier molecular flexibility index (Phi) is 5.15. The van der Waals surface area contributed by atoms with E-state index in [4.69, 9.17) is 10.5 Å². The minimum atomic E-state index is 0.0293. The van der Waals surface area contributed by atoms with Crippen LogP contribution in [0.2, 0.25) is 0 Å². The molecule has 0 aromatic heterocycles. The molecule has 1 unspecified atom stereocenters. The number of carbonyl (C=O) groups is 1. The van der Waals surface area contributed by atoms with Gasteiger partial charge in [0.15, 0.2) is 0 Å². The third-order valence-corrected chi connectivity index (χ3v) is 3.77. The van der Waals surface area contributed by atoms with Crippen molar-refractivity contribution in [2.75, 3.05) is 25.2 Å². The molecule has 1 aliphatic heterocycles. The van der Waals surface area contributed by atoms with Crippen LogP contribution in [0.15, 0.2) is 18.2 Å². The van der Waals surface area contributed by atoms with Gasteiger partial charge in [0, 0.05) is 25.4 Å². The number of rotatable bonds is 6. The number of carbonyl (C=O) groups excluding carboxylic acids is 1. The highest BCUT2D eigenvalue weighted by Crippen LogP contribution is 2.29. The Hall–Kier alpha value is -1.39. The standard InChI is InChI=1S/C16H24N2O2/c1-3-4-14(17)10-12-5-6-15-13(9-12)7-8-18(15)16(19)11-20-2/h5-6,9,14H,3-4,7-8,10-11,17H2,1-2H3. The van der Waals surface area contributed by atoms with E-state index in [1.807, 2.05) is 11.0 Å². The summed E-state index contributed by atoms with van der Waals surface area (Å²) >= 11 is 0. The number of hydrogen-bond donors (Lipinski definition) is 1. The lowest BCUT2D eigenvalue weighted by Crippen LogP contribution is -2.31. The number of fused-ring (bicyclic) bond motifs is 1. The zero-order chi connectivity index (χ0) is 14.5. The summed E-state index contributed by atoms with van der Waals surface area (Å²) in [4.78, 5) is 13.8. The molecule has 4 nitrogen and oxygen atoms in total. The van der Waals surface area contributed by atoms with Gasteiger partial charge in [-0.1, -0.05) is 25.5 Å². The Labute approximate surface area is 120 Å². The number of methoxy groups -OCH3 is 1. The average molecular weight is 276 g/mol. The van der Waals surface area contributed by atoms with E-state index < -0.39 is 0 Å². The molecule has 0 bridgehead atoms. The van der Waals surface area contributed by atoms with E-state index in [2.05, 4.69) is 19.1 Å². The summed E-state index contributed by atoms with van der Waals surface area (Å²) in [6, 6.07) is 6.56. The fraction of sp³-hybridized carbons (Fsp3) is 0.562. The Balaban J connectivity index is 2.08. The summed E-state index contributed by atoms with van der Waals surface area (Å²) < 4.78 is 4.93. The average Bonchev–Trinajstić information content (AvgIpc) is 2.82. The third kappa shape index (κ3) is 3.38. The fourth-order valence-corrected chi connectivity index (χ4v) is 2.82. The first-order valence-corrected chi connectivity index (χ1v) is 7.32. The molecule has 1 heterocycles. The van der Waals surface area contributed by atoms with E-state index in [0.29, 0.717) is 0 Å². The van der Waals surface area contributed by atoms with Crippen molar-refractivity contribution in [2.45, 2.75) is 38.6 Å². The lowest BCUT2D eigenvalue weighted by Gasteiger charge is -2.17. The quantitative estimate of drug-likeness (QED) is 0.863. The maximum absolute atomic E-state index is 11.9. The van der Waals surface area contributed by atoms with Crippen molar-refractivity contribution >= 4 is 11.6 Å². The number of amides is 1. The number of nitrogens with two attached hydrogens (primary N) is 1. The normalized spacial score (nSPS) is 15.2. The highest BCUT2D eigenvalue weighted by molar-refractivity contribution is 5.96. The Morgan fingerprint density at radius 1 is 1.50 bits per heavy atom. The Bertz CT molecular complexity index is 474. The molecule has 1 amide bonds. The highest BCUT2D eigenvalue weighted by Gasteiger charge is 2.24. The first kappa shape index (κ1) is 15.0. The van der Waals surface area contributed by atoms with Crippen molar-refractivity contribution in [3.63, 3.8) is 0 Å². The van der Waals surface area contributed by atoms with Crippen LogP contribution in [0.25, 0.3) is 0 Å². The van der Waals surface area contributed by atoms with Gasteiger partial charge in [-0.25, -0.2) is 0 Å². The van der Waals surface area contributed by atoms with Gasteiger partial charge in [0.25, 0.3) is 5.91 Å². The molecule has 1 aromatic carbocycles. The zero-order valence-corrected chi connectivity index (χ0v) is 12.4. The zero-order valence-electron chi connectivity index (χ0n) is 12.4. The van der Waals surface area contributed by atoms with Crippen LogP contribution >= 0.6 is 0 Å². The van der Waals surface area contributed by atoms with Crippen LogP contribution in [-0.2, 0) is 22.4 Å². The van der Waals surface area contributed by atoms with Gasteiger partial charge in [-0.2, -0.15) is 0 Å². The van der Waals surface area contributed by atoms with Crippen LogP contribution in [0.3, 0.4) is 0 Å². The predicted octanol–water partition coefficient (Wildman–Crippen LogP) is 1.89. The van der Waals surface area contributed by atoms with E-state index >= 15 is 0 Å². The molecule has 1 atom stereocenters. The number of anilines is 1. The van der Waals surface area contributed by atoms with Crippen molar-refractivity contribution in [1.29, 1.82) is 0 Å². The first-order valence-electron chi connectivity index (χ1n) is 7.32. The number of benzene rings is 1. The van der Waals surface area contributed by atoms with E-state index in [0.717, 1.165) is 37.9 Å². The molecule has 1 aliphatic rings. The number of ether oxygens (including phenoxy) is 1. The van der Waals surface area contributed by atoms with Crippen LogP contribution in [0, 0.1) is 0 Å². The van der Waals surface area contributed by atoms with Crippen molar-refractivity contribution in [1.82, 2.24) is 0 Å². The largest absolute Gasteiger partial charge is 0.375 e. The lowest BCUT2D eigenvalue weighted by atomic mass is 10.00. The molecular weight excluding hydrogens is 252 g/mol. The molecule has 0 spiro atoms. The molecule has 110 valence electrons. The molecule has 4 heteroatoms. The second kappa shape index (κ2) is 6.86. The summed E-state index contributed by atoms with van der Waals surface area (Å²) in [5, 5.41) is 0. The van der Waals surface area contributed by atoms with Gasteiger partial charge in [0.05, 0.1) is 0 Å². The summed E-state index contributed by atoms with van der Waals surface area (Å²) in [6.07, 6.45) is 4.00. The predicted molar refractivity (Wildman–Crippen MR) is 81.0 cm³/mol. The van der Waals surface area contributed by atoms with E-state index in [1.165, 1.54) is 11.1 Å². The third-order valence-electron chi connectivity index (χ3n) is 3.77.